The van der Waals surface area contributed by atoms with Crippen molar-refractivity contribution in [1.82, 2.24) is 25.1 Å². The molecule has 120 valence electrons. The first-order valence-electron chi connectivity index (χ1n) is 7.54. The number of primary amides is 1. The van der Waals surface area contributed by atoms with Gasteiger partial charge in [-0.1, -0.05) is 30.3 Å². The second-order valence-corrected chi connectivity index (χ2v) is 5.57. The van der Waals surface area contributed by atoms with Crippen LogP contribution in [0.5, 0.6) is 0 Å². The number of amides is 2. The van der Waals surface area contributed by atoms with E-state index in [1.54, 1.807) is 4.90 Å². The molecule has 1 saturated heterocycles. The highest BCUT2D eigenvalue weighted by molar-refractivity contribution is 5.78. The molecule has 0 radical (unpaired) electrons. The number of carbonyl (C=O) groups excluding carboxylic acids is 2. The SMILES string of the molecule is NC(=O)C1CCN(C(=O)Cn2nnc(-c3ccccc3)n2)CC1. The molecule has 1 aliphatic heterocycles. The number of hydrogen-bond donors (Lipinski definition) is 1. The van der Waals surface area contributed by atoms with Crippen LogP contribution in [0, 0.1) is 5.92 Å². The Hall–Kier alpha value is -2.77. The molecule has 8 nitrogen and oxygen atoms in total. The summed E-state index contributed by atoms with van der Waals surface area (Å²) >= 11 is 0. The normalized spacial score (nSPS) is 15.6. The minimum absolute atomic E-state index is 0.0427. The molecule has 0 unspecified atom stereocenters. The van der Waals surface area contributed by atoms with Crippen molar-refractivity contribution >= 4 is 11.8 Å². The van der Waals surface area contributed by atoms with Crippen molar-refractivity contribution < 1.29 is 9.59 Å². The van der Waals surface area contributed by atoms with Gasteiger partial charge in [0.2, 0.25) is 17.6 Å². The number of rotatable bonds is 4. The standard InChI is InChI=1S/C15H18N6O2/c16-14(23)11-6-8-20(9-7-11)13(22)10-21-18-15(17-19-21)12-4-2-1-3-5-12/h1-5,11H,6-10H2,(H2,16,23). The summed E-state index contributed by atoms with van der Waals surface area (Å²) in [5, 5.41) is 12.1. The second kappa shape index (κ2) is 6.55. The molecule has 2 aromatic rings. The fourth-order valence-electron chi connectivity index (χ4n) is 2.65. The van der Waals surface area contributed by atoms with Crippen LogP contribution in [0.2, 0.25) is 0 Å². The summed E-state index contributed by atoms with van der Waals surface area (Å²) in [6.07, 6.45) is 1.22. The van der Waals surface area contributed by atoms with Gasteiger partial charge in [0.25, 0.3) is 0 Å². The molecule has 0 spiro atoms. The van der Waals surface area contributed by atoms with Gasteiger partial charge < -0.3 is 10.6 Å². The predicted molar refractivity (Wildman–Crippen MR) is 81.8 cm³/mol. The smallest absolute Gasteiger partial charge is 0.246 e. The summed E-state index contributed by atoms with van der Waals surface area (Å²) in [6, 6.07) is 9.47. The third-order valence-electron chi connectivity index (χ3n) is 4.01. The maximum Gasteiger partial charge on any atom is 0.246 e. The lowest BCUT2D eigenvalue weighted by Crippen LogP contribution is -2.43. The molecular formula is C15H18N6O2. The lowest BCUT2D eigenvalue weighted by Gasteiger charge is -2.30. The van der Waals surface area contributed by atoms with Gasteiger partial charge >= 0.3 is 0 Å². The number of benzene rings is 1. The summed E-state index contributed by atoms with van der Waals surface area (Å²) in [6.45, 7) is 1.11. The molecule has 8 heteroatoms. The molecule has 0 atom stereocenters. The van der Waals surface area contributed by atoms with E-state index in [9.17, 15) is 9.59 Å². The Morgan fingerprint density at radius 2 is 1.87 bits per heavy atom. The van der Waals surface area contributed by atoms with E-state index in [1.807, 2.05) is 30.3 Å². The Labute approximate surface area is 133 Å². The van der Waals surface area contributed by atoms with E-state index in [0.29, 0.717) is 31.8 Å². The fourth-order valence-corrected chi connectivity index (χ4v) is 2.65. The molecule has 0 saturated carbocycles. The molecule has 0 aliphatic carbocycles. The third-order valence-corrected chi connectivity index (χ3v) is 4.01. The van der Waals surface area contributed by atoms with Crippen molar-refractivity contribution in [3.05, 3.63) is 30.3 Å². The zero-order valence-corrected chi connectivity index (χ0v) is 12.6. The first kappa shape index (κ1) is 15.1. The van der Waals surface area contributed by atoms with Crippen LogP contribution < -0.4 is 5.73 Å². The van der Waals surface area contributed by atoms with Gasteiger partial charge in [-0.2, -0.15) is 4.80 Å². The number of carbonyl (C=O) groups is 2. The number of tetrazole rings is 1. The summed E-state index contributed by atoms with van der Waals surface area (Å²) < 4.78 is 0. The number of hydrogen-bond acceptors (Lipinski definition) is 5. The first-order chi connectivity index (χ1) is 11.1. The van der Waals surface area contributed by atoms with Gasteiger partial charge in [0.15, 0.2) is 0 Å². The Bertz CT molecular complexity index is 691. The Kier molecular flexibility index (Phi) is 4.31. The van der Waals surface area contributed by atoms with E-state index in [4.69, 9.17) is 5.73 Å². The van der Waals surface area contributed by atoms with E-state index in [1.165, 1.54) is 4.80 Å². The molecule has 1 aromatic heterocycles. The van der Waals surface area contributed by atoms with Crippen molar-refractivity contribution in [3.8, 4) is 11.4 Å². The van der Waals surface area contributed by atoms with Crippen LogP contribution >= 0.6 is 0 Å². The monoisotopic (exact) mass is 314 g/mol. The van der Waals surface area contributed by atoms with Gasteiger partial charge in [-0.25, -0.2) is 0 Å². The highest BCUT2D eigenvalue weighted by Gasteiger charge is 2.26. The maximum absolute atomic E-state index is 12.3. The number of likely N-dealkylation sites (tertiary alicyclic amines) is 1. The zero-order valence-electron chi connectivity index (χ0n) is 12.6. The van der Waals surface area contributed by atoms with Crippen LogP contribution in [0.25, 0.3) is 11.4 Å². The summed E-state index contributed by atoms with van der Waals surface area (Å²) in [5.74, 6) is -0.00783. The Balaban J connectivity index is 1.59. The molecule has 1 aromatic carbocycles. The molecule has 1 fully saturated rings. The summed E-state index contributed by atoms with van der Waals surface area (Å²) in [4.78, 5) is 26.4. The molecule has 0 bridgehead atoms. The Morgan fingerprint density at radius 3 is 2.52 bits per heavy atom. The second-order valence-electron chi connectivity index (χ2n) is 5.57. The highest BCUT2D eigenvalue weighted by atomic mass is 16.2. The van der Waals surface area contributed by atoms with Gasteiger partial charge in [0.05, 0.1) is 0 Å². The third kappa shape index (κ3) is 3.53. The first-order valence-corrected chi connectivity index (χ1v) is 7.54. The maximum atomic E-state index is 12.3. The number of piperidine rings is 1. The topological polar surface area (TPSA) is 107 Å². The van der Waals surface area contributed by atoms with Gasteiger partial charge in [0.1, 0.15) is 6.54 Å². The van der Waals surface area contributed by atoms with Crippen LogP contribution in [-0.4, -0.2) is 50.0 Å². The highest BCUT2D eigenvalue weighted by Crippen LogP contribution is 2.17. The lowest BCUT2D eigenvalue weighted by molar-refractivity contribution is -0.135. The van der Waals surface area contributed by atoms with Gasteiger partial charge in [-0.15, -0.1) is 10.2 Å². The summed E-state index contributed by atoms with van der Waals surface area (Å²) in [7, 11) is 0. The lowest BCUT2D eigenvalue weighted by atomic mass is 9.96. The quantitative estimate of drug-likeness (QED) is 0.859. The Morgan fingerprint density at radius 1 is 1.17 bits per heavy atom. The van der Waals surface area contributed by atoms with Crippen LogP contribution in [0.15, 0.2) is 30.3 Å². The molecule has 1 aliphatic rings. The fraction of sp³-hybridized carbons (Fsp3) is 0.400. The van der Waals surface area contributed by atoms with Crippen LogP contribution in [-0.2, 0) is 16.1 Å². The summed E-state index contributed by atoms with van der Waals surface area (Å²) in [5.41, 5.74) is 6.15. The molecule has 3 rings (SSSR count). The van der Waals surface area contributed by atoms with E-state index in [2.05, 4.69) is 15.4 Å². The van der Waals surface area contributed by atoms with Crippen molar-refractivity contribution in [1.29, 1.82) is 0 Å². The average Bonchev–Trinajstić information content (AvgIpc) is 3.04. The predicted octanol–water partition coefficient (Wildman–Crippen LogP) is 0.0640. The zero-order chi connectivity index (χ0) is 16.2. The van der Waals surface area contributed by atoms with Gasteiger partial charge in [0, 0.05) is 24.6 Å². The van der Waals surface area contributed by atoms with E-state index in [-0.39, 0.29) is 24.3 Å². The van der Waals surface area contributed by atoms with E-state index >= 15 is 0 Å². The minimum atomic E-state index is -0.289. The molecule has 2 amide bonds. The van der Waals surface area contributed by atoms with Crippen LogP contribution in [0.4, 0.5) is 0 Å². The van der Waals surface area contributed by atoms with E-state index < -0.39 is 0 Å². The average molecular weight is 314 g/mol. The van der Waals surface area contributed by atoms with Crippen LogP contribution in [0.3, 0.4) is 0 Å². The van der Waals surface area contributed by atoms with Crippen molar-refractivity contribution in [2.75, 3.05) is 13.1 Å². The number of aromatic nitrogens is 4. The molecule has 23 heavy (non-hydrogen) atoms. The molecule has 2 N–H and O–H groups in total. The van der Waals surface area contributed by atoms with Crippen LogP contribution in [0.1, 0.15) is 12.8 Å². The van der Waals surface area contributed by atoms with Gasteiger partial charge in [-0.05, 0) is 18.1 Å². The van der Waals surface area contributed by atoms with Crippen molar-refractivity contribution in [2.24, 2.45) is 11.7 Å². The van der Waals surface area contributed by atoms with E-state index in [0.717, 1.165) is 5.56 Å². The molecule has 2 heterocycles. The van der Waals surface area contributed by atoms with Crippen molar-refractivity contribution in [2.45, 2.75) is 19.4 Å². The van der Waals surface area contributed by atoms with Crippen molar-refractivity contribution in [3.63, 3.8) is 0 Å². The number of nitrogens with two attached hydrogens (primary N) is 1. The minimum Gasteiger partial charge on any atom is -0.369 e. The number of nitrogens with zero attached hydrogens (tertiary/aromatic N) is 5. The largest absolute Gasteiger partial charge is 0.369 e. The molecular weight excluding hydrogens is 296 g/mol. The van der Waals surface area contributed by atoms with Gasteiger partial charge in [-0.3, -0.25) is 9.59 Å².